The number of amides is 2. The van der Waals surface area contributed by atoms with Crippen molar-refractivity contribution in [2.75, 3.05) is 17.7 Å². The van der Waals surface area contributed by atoms with Gasteiger partial charge in [-0.15, -0.1) is 0 Å². The lowest BCUT2D eigenvalue weighted by atomic mass is 10.3. The van der Waals surface area contributed by atoms with E-state index in [0.29, 0.717) is 27.2 Å². The number of rotatable bonds is 4. The highest BCUT2D eigenvalue weighted by Gasteiger charge is 2.11. The SMILES string of the molecule is COc1ccc(N/C(=N/c2nc(C)cc(C)n2)NC(=O)Nc2ccc(Cl)cc2Cl)cc1. The molecule has 0 aliphatic rings. The van der Waals surface area contributed by atoms with Crippen molar-refractivity contribution in [2.45, 2.75) is 13.8 Å². The first-order chi connectivity index (χ1) is 14.8. The zero-order chi connectivity index (χ0) is 22.4. The number of carbonyl (C=O) groups excluding carboxylic acids is 1. The van der Waals surface area contributed by atoms with E-state index >= 15 is 0 Å². The summed E-state index contributed by atoms with van der Waals surface area (Å²) < 4.78 is 5.17. The van der Waals surface area contributed by atoms with Gasteiger partial charge in [-0.3, -0.25) is 5.32 Å². The lowest BCUT2D eigenvalue weighted by molar-refractivity contribution is 0.256. The molecule has 10 heteroatoms. The van der Waals surface area contributed by atoms with Crippen LogP contribution in [0.15, 0.2) is 53.5 Å². The normalized spacial score (nSPS) is 11.1. The van der Waals surface area contributed by atoms with Crippen molar-refractivity contribution < 1.29 is 9.53 Å². The van der Waals surface area contributed by atoms with Crippen LogP contribution in [0.5, 0.6) is 5.75 Å². The number of aliphatic imine (C=N–C) groups is 1. The molecule has 1 heterocycles. The predicted molar refractivity (Wildman–Crippen MR) is 124 cm³/mol. The molecule has 31 heavy (non-hydrogen) atoms. The van der Waals surface area contributed by atoms with E-state index in [1.165, 1.54) is 6.07 Å². The maximum atomic E-state index is 12.6. The van der Waals surface area contributed by atoms with E-state index in [2.05, 4.69) is 30.9 Å². The third kappa shape index (κ3) is 6.56. The molecule has 0 spiro atoms. The van der Waals surface area contributed by atoms with Gasteiger partial charge in [-0.25, -0.2) is 14.8 Å². The second-order valence-corrected chi connectivity index (χ2v) is 7.31. The van der Waals surface area contributed by atoms with Crippen molar-refractivity contribution >= 4 is 52.5 Å². The highest BCUT2D eigenvalue weighted by atomic mass is 35.5. The van der Waals surface area contributed by atoms with Gasteiger partial charge in [0.2, 0.25) is 5.96 Å². The highest BCUT2D eigenvalue weighted by Crippen LogP contribution is 2.25. The Bertz CT molecular complexity index is 1100. The molecule has 2 aromatic carbocycles. The molecule has 0 atom stereocenters. The summed E-state index contributed by atoms with van der Waals surface area (Å²) in [5, 5.41) is 9.13. The summed E-state index contributed by atoms with van der Waals surface area (Å²) in [5.41, 5.74) is 2.59. The molecule has 8 nitrogen and oxygen atoms in total. The molecule has 1 aromatic heterocycles. The van der Waals surface area contributed by atoms with Gasteiger partial charge in [0.1, 0.15) is 5.75 Å². The van der Waals surface area contributed by atoms with Crippen LogP contribution in [-0.2, 0) is 0 Å². The molecule has 3 rings (SSSR count). The van der Waals surface area contributed by atoms with E-state index in [4.69, 9.17) is 27.9 Å². The molecule has 0 aliphatic heterocycles. The summed E-state index contributed by atoms with van der Waals surface area (Å²) in [6.45, 7) is 3.68. The molecule has 3 N–H and O–H groups in total. The smallest absolute Gasteiger partial charge is 0.326 e. The molecule has 160 valence electrons. The van der Waals surface area contributed by atoms with Gasteiger partial charge in [0.05, 0.1) is 17.8 Å². The molecule has 0 aliphatic carbocycles. The van der Waals surface area contributed by atoms with Crippen molar-refractivity contribution in [1.82, 2.24) is 15.3 Å². The highest BCUT2D eigenvalue weighted by molar-refractivity contribution is 6.36. The summed E-state index contributed by atoms with van der Waals surface area (Å²) in [7, 11) is 1.58. The number of halogens is 2. The molecule has 0 saturated heterocycles. The minimum Gasteiger partial charge on any atom is -0.497 e. The standard InChI is InChI=1S/C21H20Cl2N6O2/c1-12-10-13(2)25-19(24-12)28-20(26-15-5-7-16(31-3)8-6-15)29-21(30)27-18-9-4-14(22)11-17(18)23/h4-11H,1-3H3,(H3,24,25,26,27,28,29,30). The number of nitrogens with one attached hydrogen (secondary N) is 3. The fraction of sp³-hybridized carbons (Fsp3) is 0.143. The largest absolute Gasteiger partial charge is 0.497 e. The topological polar surface area (TPSA) is 101 Å². The minimum absolute atomic E-state index is 0.123. The number of anilines is 2. The number of urea groups is 1. The van der Waals surface area contributed by atoms with Crippen molar-refractivity contribution in [3.63, 3.8) is 0 Å². The van der Waals surface area contributed by atoms with Crippen LogP contribution < -0.4 is 20.7 Å². The van der Waals surface area contributed by atoms with E-state index < -0.39 is 6.03 Å². The summed E-state index contributed by atoms with van der Waals surface area (Å²) in [6.07, 6.45) is 0. The fourth-order valence-corrected chi connectivity index (χ4v) is 3.06. The van der Waals surface area contributed by atoms with Crippen LogP contribution in [0.3, 0.4) is 0 Å². The second kappa shape index (κ2) is 10.1. The van der Waals surface area contributed by atoms with Gasteiger partial charge >= 0.3 is 6.03 Å². The van der Waals surface area contributed by atoms with Crippen molar-refractivity contribution in [1.29, 1.82) is 0 Å². The zero-order valence-corrected chi connectivity index (χ0v) is 18.5. The Kier molecular flexibility index (Phi) is 7.28. The predicted octanol–water partition coefficient (Wildman–Crippen LogP) is 5.33. The van der Waals surface area contributed by atoms with Crippen molar-refractivity contribution in [3.8, 4) is 5.75 Å². The minimum atomic E-state index is -0.562. The third-order valence-corrected chi connectivity index (χ3v) is 4.49. The van der Waals surface area contributed by atoms with Crippen LogP contribution >= 0.6 is 23.2 Å². The van der Waals surface area contributed by atoms with Gasteiger partial charge in [-0.1, -0.05) is 23.2 Å². The van der Waals surface area contributed by atoms with Gasteiger partial charge in [0.15, 0.2) is 0 Å². The first kappa shape index (κ1) is 22.3. The molecule has 0 unspecified atom stereocenters. The van der Waals surface area contributed by atoms with Crippen LogP contribution in [-0.4, -0.2) is 29.1 Å². The molecule has 0 bridgehead atoms. The Hall–Kier alpha value is -3.36. The van der Waals surface area contributed by atoms with Crippen LogP contribution in [0, 0.1) is 13.8 Å². The molecule has 3 aromatic rings. The summed E-state index contributed by atoms with van der Waals surface area (Å²) in [5.74, 6) is 1.03. The maximum Gasteiger partial charge on any atom is 0.326 e. The van der Waals surface area contributed by atoms with Crippen LogP contribution in [0.25, 0.3) is 0 Å². The molecule has 0 fully saturated rings. The molecule has 0 radical (unpaired) electrons. The van der Waals surface area contributed by atoms with E-state index in [-0.39, 0.29) is 11.9 Å². The fourth-order valence-electron chi connectivity index (χ4n) is 2.61. The first-order valence-electron chi connectivity index (χ1n) is 9.17. The van der Waals surface area contributed by atoms with Gasteiger partial charge in [0.25, 0.3) is 5.95 Å². The van der Waals surface area contributed by atoms with Crippen molar-refractivity contribution in [2.24, 2.45) is 4.99 Å². The Morgan fingerprint density at radius 1 is 0.968 bits per heavy atom. The first-order valence-corrected chi connectivity index (χ1v) is 9.93. The second-order valence-electron chi connectivity index (χ2n) is 6.47. The van der Waals surface area contributed by atoms with Crippen molar-refractivity contribution in [3.05, 3.63) is 70.0 Å². The van der Waals surface area contributed by atoms with Crippen LogP contribution in [0.4, 0.5) is 22.1 Å². The lowest BCUT2D eigenvalue weighted by Gasteiger charge is -2.13. The Labute approximate surface area is 189 Å². The number of aromatic nitrogens is 2. The molecule has 0 saturated carbocycles. The van der Waals surface area contributed by atoms with Crippen LogP contribution in [0.2, 0.25) is 10.0 Å². The quantitative estimate of drug-likeness (QED) is 0.362. The van der Waals surface area contributed by atoms with E-state index in [1.807, 2.05) is 19.9 Å². The third-order valence-electron chi connectivity index (χ3n) is 3.95. The van der Waals surface area contributed by atoms with Gasteiger partial charge in [-0.05, 0) is 62.4 Å². The van der Waals surface area contributed by atoms with Gasteiger partial charge < -0.3 is 15.4 Å². The van der Waals surface area contributed by atoms with E-state index in [0.717, 1.165) is 11.4 Å². The number of carbonyl (C=O) groups is 1. The number of aryl methyl sites for hydroxylation is 2. The maximum absolute atomic E-state index is 12.6. The molecule has 2 amide bonds. The Morgan fingerprint density at radius 3 is 2.26 bits per heavy atom. The number of ether oxygens (including phenoxy) is 1. The molecular formula is C21H20Cl2N6O2. The number of benzene rings is 2. The van der Waals surface area contributed by atoms with E-state index in [1.54, 1.807) is 43.5 Å². The van der Waals surface area contributed by atoms with Gasteiger partial charge in [0, 0.05) is 22.1 Å². The van der Waals surface area contributed by atoms with Crippen LogP contribution in [0.1, 0.15) is 11.4 Å². The zero-order valence-electron chi connectivity index (χ0n) is 17.0. The molecular weight excluding hydrogens is 439 g/mol. The average molecular weight is 459 g/mol. The summed E-state index contributed by atoms with van der Waals surface area (Å²) in [6, 6.07) is 13.2. The Balaban J connectivity index is 1.84. The van der Waals surface area contributed by atoms with E-state index in [9.17, 15) is 4.79 Å². The average Bonchev–Trinajstić information content (AvgIpc) is 2.70. The number of hydrogen-bond donors (Lipinski definition) is 3. The number of nitrogens with zero attached hydrogens (tertiary/aromatic N) is 3. The van der Waals surface area contributed by atoms with Gasteiger partial charge in [-0.2, -0.15) is 4.99 Å². The number of guanidine groups is 1. The summed E-state index contributed by atoms with van der Waals surface area (Å²) >= 11 is 12.0. The summed E-state index contributed by atoms with van der Waals surface area (Å²) in [4.78, 5) is 25.5. The number of hydrogen-bond acceptors (Lipinski definition) is 5. The lowest BCUT2D eigenvalue weighted by Crippen LogP contribution is -2.38. The monoisotopic (exact) mass is 458 g/mol. The Morgan fingerprint density at radius 2 is 1.65 bits per heavy atom. The number of methoxy groups -OCH3 is 1.